The van der Waals surface area contributed by atoms with Gasteiger partial charge in [-0.3, -0.25) is 9.36 Å². The van der Waals surface area contributed by atoms with E-state index in [2.05, 4.69) is 25.0 Å². The van der Waals surface area contributed by atoms with Gasteiger partial charge in [-0.2, -0.15) is 0 Å². The van der Waals surface area contributed by atoms with Crippen LogP contribution in [0.3, 0.4) is 0 Å². The van der Waals surface area contributed by atoms with Gasteiger partial charge in [0.1, 0.15) is 5.75 Å². The number of amides is 1. The number of carbonyl (C=O) groups excluding carboxylic acids is 1. The van der Waals surface area contributed by atoms with Crippen LogP contribution in [0.1, 0.15) is 12.5 Å². The molecular formula is C21H23N5O2S. The molecule has 1 aromatic heterocycles. The van der Waals surface area contributed by atoms with Gasteiger partial charge in [-0.05, 0) is 50.2 Å². The van der Waals surface area contributed by atoms with Crippen LogP contribution in [-0.4, -0.2) is 39.6 Å². The lowest BCUT2D eigenvalue weighted by molar-refractivity contribution is -0.113. The van der Waals surface area contributed by atoms with Gasteiger partial charge in [-0.1, -0.05) is 29.5 Å². The number of nitrogens with one attached hydrogen (secondary N) is 1. The van der Waals surface area contributed by atoms with Gasteiger partial charge in [0.05, 0.1) is 12.4 Å². The molecule has 4 rings (SSSR count). The lowest BCUT2D eigenvalue weighted by Crippen LogP contribution is -2.14. The summed E-state index contributed by atoms with van der Waals surface area (Å²) in [5, 5.41) is 12.3. The Balaban J connectivity index is 1.38. The summed E-state index contributed by atoms with van der Waals surface area (Å²) in [6.07, 6.45) is 0. The molecule has 0 radical (unpaired) electrons. The van der Waals surface area contributed by atoms with Gasteiger partial charge < -0.3 is 15.0 Å². The van der Waals surface area contributed by atoms with Crippen molar-refractivity contribution >= 4 is 35.0 Å². The Labute approximate surface area is 174 Å². The summed E-state index contributed by atoms with van der Waals surface area (Å²) < 4.78 is 7.56. The zero-order valence-corrected chi connectivity index (χ0v) is 17.3. The van der Waals surface area contributed by atoms with Gasteiger partial charge in [0, 0.05) is 24.5 Å². The molecule has 0 unspecified atom stereocenters. The maximum atomic E-state index is 12.3. The van der Waals surface area contributed by atoms with E-state index in [-0.39, 0.29) is 11.7 Å². The van der Waals surface area contributed by atoms with Crippen LogP contribution in [0.25, 0.3) is 0 Å². The fourth-order valence-corrected chi connectivity index (χ4v) is 3.94. The van der Waals surface area contributed by atoms with Crippen molar-refractivity contribution in [3.63, 3.8) is 0 Å². The van der Waals surface area contributed by atoms with Crippen molar-refractivity contribution in [1.29, 1.82) is 0 Å². The first kappa shape index (κ1) is 19.3. The first-order chi connectivity index (χ1) is 14.1. The molecule has 1 amide bonds. The molecule has 1 aliphatic heterocycles. The van der Waals surface area contributed by atoms with Gasteiger partial charge in [0.2, 0.25) is 11.9 Å². The van der Waals surface area contributed by atoms with E-state index in [0.717, 1.165) is 46.9 Å². The Hall–Kier alpha value is -3.00. The Morgan fingerprint density at radius 3 is 2.59 bits per heavy atom. The molecule has 2 aromatic carbocycles. The Morgan fingerprint density at radius 2 is 1.86 bits per heavy atom. The smallest absolute Gasteiger partial charge is 0.234 e. The average Bonchev–Trinajstić information content (AvgIpc) is 3.31. The summed E-state index contributed by atoms with van der Waals surface area (Å²) >= 11 is 1.40. The summed E-state index contributed by atoms with van der Waals surface area (Å²) in [5.41, 5.74) is 3.01. The molecule has 0 atom stereocenters. The molecule has 0 fully saturated rings. The van der Waals surface area contributed by atoms with Gasteiger partial charge in [0.25, 0.3) is 0 Å². The third-order valence-electron chi connectivity index (χ3n) is 4.61. The van der Waals surface area contributed by atoms with Gasteiger partial charge in [-0.25, -0.2) is 0 Å². The number of ether oxygens (including phenoxy) is 1. The van der Waals surface area contributed by atoms with Gasteiger partial charge >= 0.3 is 0 Å². The number of aryl methyl sites for hydroxylation is 1. The highest BCUT2D eigenvalue weighted by molar-refractivity contribution is 7.99. The van der Waals surface area contributed by atoms with E-state index < -0.39 is 0 Å². The molecule has 0 saturated heterocycles. The predicted octanol–water partition coefficient (Wildman–Crippen LogP) is 3.87. The number of nitrogens with zero attached hydrogens (tertiary/aromatic N) is 4. The highest BCUT2D eigenvalue weighted by atomic mass is 32.2. The Morgan fingerprint density at radius 1 is 1.10 bits per heavy atom. The number of benzene rings is 2. The molecule has 29 heavy (non-hydrogen) atoms. The van der Waals surface area contributed by atoms with Crippen molar-refractivity contribution in [2.75, 3.05) is 29.1 Å². The fraction of sp³-hybridized carbons (Fsp3) is 0.286. The molecule has 8 heteroatoms. The number of anilines is 3. The van der Waals surface area contributed by atoms with Crippen molar-refractivity contribution in [2.45, 2.75) is 25.5 Å². The Bertz CT molecular complexity index is 985. The quantitative estimate of drug-likeness (QED) is 0.598. The molecule has 1 aliphatic rings. The number of thioether (sulfide) groups is 1. The molecule has 7 nitrogen and oxygen atoms in total. The number of hydrogen-bond donors (Lipinski definition) is 1. The second-order valence-corrected chi connectivity index (χ2v) is 7.66. The van der Waals surface area contributed by atoms with Crippen molar-refractivity contribution in [3.05, 3.63) is 54.1 Å². The SMILES string of the molecule is CCOc1ccc(N2CCn3c(SCC(=O)Nc4ccc(C)cc4)nnc32)cc1. The first-order valence-corrected chi connectivity index (χ1v) is 10.6. The molecule has 0 bridgehead atoms. The van der Waals surface area contributed by atoms with Crippen molar-refractivity contribution in [1.82, 2.24) is 14.8 Å². The minimum atomic E-state index is -0.0578. The predicted molar refractivity (Wildman–Crippen MR) is 115 cm³/mol. The van der Waals surface area contributed by atoms with E-state index in [1.54, 1.807) is 0 Å². The first-order valence-electron chi connectivity index (χ1n) is 9.57. The second kappa shape index (κ2) is 8.57. The highest BCUT2D eigenvalue weighted by Crippen LogP contribution is 2.32. The van der Waals surface area contributed by atoms with Crippen LogP contribution in [0.15, 0.2) is 53.7 Å². The standard InChI is InChI=1S/C21H23N5O2S/c1-3-28-18-10-8-17(9-11-18)25-12-13-26-20(25)23-24-21(26)29-14-19(27)22-16-6-4-15(2)5-7-16/h4-11H,3,12-14H2,1-2H3,(H,22,27). The highest BCUT2D eigenvalue weighted by Gasteiger charge is 2.26. The Kier molecular flexibility index (Phi) is 5.71. The van der Waals surface area contributed by atoms with Crippen molar-refractivity contribution in [2.24, 2.45) is 0 Å². The summed E-state index contributed by atoms with van der Waals surface area (Å²) in [6.45, 7) is 6.25. The summed E-state index contributed by atoms with van der Waals surface area (Å²) in [7, 11) is 0. The van der Waals surface area contributed by atoms with Crippen LogP contribution in [0.4, 0.5) is 17.3 Å². The number of carbonyl (C=O) groups is 1. The molecular weight excluding hydrogens is 386 g/mol. The molecule has 3 aromatic rings. The number of aromatic nitrogens is 3. The molecule has 2 heterocycles. The van der Waals surface area contributed by atoms with Crippen LogP contribution in [0.5, 0.6) is 5.75 Å². The van der Waals surface area contributed by atoms with Gasteiger partial charge in [0.15, 0.2) is 5.16 Å². The van der Waals surface area contributed by atoms with E-state index in [1.807, 2.05) is 62.4 Å². The molecule has 0 saturated carbocycles. The summed E-state index contributed by atoms with van der Waals surface area (Å²) in [6, 6.07) is 15.7. The number of hydrogen-bond acceptors (Lipinski definition) is 6. The minimum Gasteiger partial charge on any atom is -0.494 e. The monoisotopic (exact) mass is 409 g/mol. The van der Waals surface area contributed by atoms with E-state index >= 15 is 0 Å². The topological polar surface area (TPSA) is 72.3 Å². The van der Waals surface area contributed by atoms with Crippen molar-refractivity contribution in [3.8, 4) is 5.75 Å². The second-order valence-electron chi connectivity index (χ2n) is 6.72. The molecule has 0 spiro atoms. The van der Waals surface area contributed by atoms with Crippen LogP contribution in [0, 0.1) is 6.92 Å². The normalized spacial score (nSPS) is 12.7. The van der Waals surface area contributed by atoms with Crippen LogP contribution in [-0.2, 0) is 11.3 Å². The fourth-order valence-electron chi connectivity index (χ4n) is 3.18. The molecule has 150 valence electrons. The summed E-state index contributed by atoms with van der Waals surface area (Å²) in [5.74, 6) is 1.88. The molecule has 0 aliphatic carbocycles. The van der Waals surface area contributed by atoms with E-state index in [9.17, 15) is 4.79 Å². The minimum absolute atomic E-state index is 0.0578. The lowest BCUT2D eigenvalue weighted by Gasteiger charge is -2.15. The maximum Gasteiger partial charge on any atom is 0.234 e. The third-order valence-corrected chi connectivity index (χ3v) is 5.58. The van der Waals surface area contributed by atoms with Crippen molar-refractivity contribution < 1.29 is 9.53 Å². The van der Waals surface area contributed by atoms with Gasteiger partial charge in [-0.15, -0.1) is 10.2 Å². The van der Waals surface area contributed by atoms with E-state index in [0.29, 0.717) is 6.61 Å². The number of rotatable bonds is 7. The number of fused-ring (bicyclic) bond motifs is 1. The lowest BCUT2D eigenvalue weighted by atomic mass is 10.2. The summed E-state index contributed by atoms with van der Waals surface area (Å²) in [4.78, 5) is 14.4. The molecule has 1 N–H and O–H groups in total. The zero-order valence-electron chi connectivity index (χ0n) is 16.5. The third kappa shape index (κ3) is 4.37. The van der Waals surface area contributed by atoms with Crippen LogP contribution in [0.2, 0.25) is 0 Å². The average molecular weight is 410 g/mol. The van der Waals surface area contributed by atoms with Crippen LogP contribution >= 0.6 is 11.8 Å². The zero-order chi connectivity index (χ0) is 20.2. The van der Waals surface area contributed by atoms with Crippen LogP contribution < -0.4 is 15.0 Å². The van der Waals surface area contributed by atoms with E-state index in [4.69, 9.17) is 4.74 Å². The largest absolute Gasteiger partial charge is 0.494 e. The van der Waals surface area contributed by atoms with E-state index in [1.165, 1.54) is 11.8 Å². The maximum absolute atomic E-state index is 12.3.